The van der Waals surface area contributed by atoms with Crippen LogP contribution in [-0.4, -0.2) is 33.3 Å². The highest BCUT2D eigenvalue weighted by Gasteiger charge is 2.16. The molecule has 2 rings (SSSR count). The van der Waals surface area contributed by atoms with Gasteiger partial charge in [-0.2, -0.15) is 0 Å². The number of hydrogen-bond donors (Lipinski definition) is 1. The third kappa shape index (κ3) is 2.61. The topological polar surface area (TPSA) is 24.5 Å². The Bertz CT molecular complexity index is 384. The summed E-state index contributed by atoms with van der Waals surface area (Å²) in [5.74, 6) is 0.995. The van der Waals surface area contributed by atoms with Gasteiger partial charge in [-0.15, -0.1) is 6.58 Å². The standard InChI is InChI=1S/C14H20N2O/c1-3-5-12-6-4-7-13(14(12)17-2)16-10-8-15-9-11-16/h3-4,6-7,15H,1,5,8-11H2,2H3. The van der Waals surface area contributed by atoms with E-state index in [0.717, 1.165) is 38.3 Å². The SMILES string of the molecule is C=CCc1cccc(N2CCNCC2)c1OC. The molecule has 3 heteroatoms. The normalized spacial score (nSPS) is 15.7. The van der Waals surface area contributed by atoms with E-state index in [4.69, 9.17) is 4.74 Å². The second-order valence-electron chi connectivity index (χ2n) is 4.20. The Morgan fingerprint density at radius 3 is 2.82 bits per heavy atom. The lowest BCUT2D eigenvalue weighted by Crippen LogP contribution is -2.43. The Balaban J connectivity index is 2.31. The summed E-state index contributed by atoms with van der Waals surface area (Å²) in [6.07, 6.45) is 2.77. The molecule has 1 aromatic carbocycles. The lowest BCUT2D eigenvalue weighted by atomic mass is 10.1. The van der Waals surface area contributed by atoms with Crippen LogP contribution in [-0.2, 0) is 6.42 Å². The Labute approximate surface area is 103 Å². The van der Waals surface area contributed by atoms with E-state index >= 15 is 0 Å². The van der Waals surface area contributed by atoms with Gasteiger partial charge in [-0.25, -0.2) is 0 Å². The van der Waals surface area contributed by atoms with Crippen LogP contribution in [0.3, 0.4) is 0 Å². The lowest BCUT2D eigenvalue weighted by Gasteiger charge is -2.31. The van der Waals surface area contributed by atoms with Crippen LogP contribution in [0.1, 0.15) is 5.56 Å². The molecule has 17 heavy (non-hydrogen) atoms. The van der Waals surface area contributed by atoms with Crippen LogP contribution >= 0.6 is 0 Å². The summed E-state index contributed by atoms with van der Waals surface area (Å²) in [4.78, 5) is 2.38. The maximum atomic E-state index is 5.57. The van der Waals surface area contributed by atoms with Crippen LogP contribution in [0.15, 0.2) is 30.9 Å². The zero-order valence-corrected chi connectivity index (χ0v) is 10.4. The summed E-state index contributed by atoms with van der Waals surface area (Å²) in [7, 11) is 1.74. The van der Waals surface area contributed by atoms with Crippen molar-refractivity contribution in [1.29, 1.82) is 0 Å². The number of ether oxygens (including phenoxy) is 1. The first-order valence-electron chi connectivity index (χ1n) is 6.09. The molecule has 0 unspecified atom stereocenters. The number of benzene rings is 1. The smallest absolute Gasteiger partial charge is 0.145 e. The van der Waals surface area contributed by atoms with Crippen LogP contribution in [0.4, 0.5) is 5.69 Å². The molecule has 1 heterocycles. The number of allylic oxidation sites excluding steroid dienone is 1. The fraction of sp³-hybridized carbons (Fsp3) is 0.429. The van der Waals surface area contributed by atoms with E-state index in [-0.39, 0.29) is 0 Å². The van der Waals surface area contributed by atoms with Gasteiger partial charge in [0, 0.05) is 31.7 Å². The third-order valence-electron chi connectivity index (χ3n) is 3.10. The van der Waals surface area contributed by atoms with Crippen molar-refractivity contribution in [3.8, 4) is 5.75 Å². The molecule has 0 bridgehead atoms. The maximum absolute atomic E-state index is 5.57. The Kier molecular flexibility index (Phi) is 4.04. The molecule has 1 fully saturated rings. The van der Waals surface area contributed by atoms with Crippen molar-refractivity contribution >= 4 is 5.69 Å². The Hall–Kier alpha value is -1.48. The highest BCUT2D eigenvalue weighted by Crippen LogP contribution is 2.32. The fourth-order valence-electron chi connectivity index (χ4n) is 2.28. The minimum Gasteiger partial charge on any atom is -0.494 e. The molecule has 0 radical (unpaired) electrons. The molecule has 1 N–H and O–H groups in total. The minimum absolute atomic E-state index is 0.850. The second kappa shape index (κ2) is 5.73. The van der Waals surface area contributed by atoms with Crippen LogP contribution in [0, 0.1) is 0 Å². The first-order valence-corrected chi connectivity index (χ1v) is 6.09. The number of anilines is 1. The summed E-state index contributed by atoms with van der Waals surface area (Å²) in [6.45, 7) is 7.94. The van der Waals surface area contributed by atoms with Crippen molar-refractivity contribution < 1.29 is 4.74 Å². The van der Waals surface area contributed by atoms with E-state index in [2.05, 4.69) is 35.0 Å². The minimum atomic E-state index is 0.850. The molecule has 0 spiro atoms. The van der Waals surface area contributed by atoms with Crippen molar-refractivity contribution in [2.75, 3.05) is 38.2 Å². The van der Waals surface area contributed by atoms with Crippen molar-refractivity contribution in [3.05, 3.63) is 36.4 Å². The average molecular weight is 232 g/mol. The van der Waals surface area contributed by atoms with E-state index in [1.54, 1.807) is 7.11 Å². The summed E-state index contributed by atoms with van der Waals surface area (Å²) in [5.41, 5.74) is 2.41. The van der Waals surface area contributed by atoms with E-state index in [9.17, 15) is 0 Å². The zero-order chi connectivity index (χ0) is 12.1. The number of rotatable bonds is 4. The molecule has 1 aliphatic heterocycles. The van der Waals surface area contributed by atoms with E-state index in [1.807, 2.05) is 6.08 Å². The predicted octanol–water partition coefficient (Wildman–Crippen LogP) is 1.83. The first-order chi connectivity index (χ1) is 8.36. The average Bonchev–Trinajstić information content (AvgIpc) is 2.40. The molecule has 0 aromatic heterocycles. The molecule has 1 aromatic rings. The van der Waals surface area contributed by atoms with E-state index in [1.165, 1.54) is 11.3 Å². The summed E-state index contributed by atoms with van der Waals surface area (Å²) >= 11 is 0. The van der Waals surface area contributed by atoms with Gasteiger partial charge in [0.25, 0.3) is 0 Å². The molecule has 1 saturated heterocycles. The lowest BCUT2D eigenvalue weighted by molar-refractivity contribution is 0.409. The summed E-state index contributed by atoms with van der Waals surface area (Å²) < 4.78 is 5.57. The molecule has 3 nitrogen and oxygen atoms in total. The fourth-order valence-corrected chi connectivity index (χ4v) is 2.28. The molecule has 0 saturated carbocycles. The molecule has 92 valence electrons. The number of nitrogens with one attached hydrogen (secondary N) is 1. The van der Waals surface area contributed by atoms with Crippen molar-refractivity contribution in [3.63, 3.8) is 0 Å². The number of methoxy groups -OCH3 is 1. The molecular weight excluding hydrogens is 212 g/mol. The third-order valence-corrected chi connectivity index (χ3v) is 3.10. The van der Waals surface area contributed by atoms with Crippen molar-refractivity contribution in [2.45, 2.75) is 6.42 Å². The van der Waals surface area contributed by atoms with Crippen molar-refractivity contribution in [1.82, 2.24) is 5.32 Å². The van der Waals surface area contributed by atoms with Crippen LogP contribution in [0.5, 0.6) is 5.75 Å². The maximum Gasteiger partial charge on any atom is 0.145 e. The molecule has 0 atom stereocenters. The number of hydrogen-bond acceptors (Lipinski definition) is 3. The second-order valence-corrected chi connectivity index (χ2v) is 4.20. The first kappa shape index (κ1) is 12.0. The highest BCUT2D eigenvalue weighted by molar-refractivity contribution is 5.62. The van der Waals surface area contributed by atoms with E-state index < -0.39 is 0 Å². The van der Waals surface area contributed by atoms with Crippen LogP contribution in [0.2, 0.25) is 0 Å². The molecular formula is C14H20N2O. The summed E-state index contributed by atoms with van der Waals surface area (Å²) in [5, 5.41) is 3.36. The number of piperazine rings is 1. The van der Waals surface area contributed by atoms with Gasteiger partial charge in [0.2, 0.25) is 0 Å². The number of nitrogens with zero attached hydrogens (tertiary/aromatic N) is 1. The zero-order valence-electron chi connectivity index (χ0n) is 10.4. The largest absolute Gasteiger partial charge is 0.494 e. The molecule has 0 amide bonds. The Morgan fingerprint density at radius 2 is 2.18 bits per heavy atom. The predicted molar refractivity (Wildman–Crippen MR) is 72.0 cm³/mol. The summed E-state index contributed by atoms with van der Waals surface area (Å²) in [6, 6.07) is 6.33. The van der Waals surface area contributed by atoms with Crippen molar-refractivity contribution in [2.24, 2.45) is 0 Å². The van der Waals surface area contributed by atoms with Gasteiger partial charge in [0.1, 0.15) is 5.75 Å². The van der Waals surface area contributed by atoms with Gasteiger partial charge in [-0.1, -0.05) is 18.2 Å². The van der Waals surface area contributed by atoms with Gasteiger partial charge in [-0.05, 0) is 12.5 Å². The van der Waals surface area contributed by atoms with Crippen LogP contribution in [0.25, 0.3) is 0 Å². The van der Waals surface area contributed by atoms with Crippen LogP contribution < -0.4 is 15.0 Å². The van der Waals surface area contributed by atoms with Gasteiger partial charge in [0.05, 0.1) is 12.8 Å². The molecule has 1 aliphatic rings. The molecule has 0 aliphatic carbocycles. The van der Waals surface area contributed by atoms with Gasteiger partial charge >= 0.3 is 0 Å². The monoisotopic (exact) mass is 232 g/mol. The van der Waals surface area contributed by atoms with Gasteiger partial charge < -0.3 is 15.0 Å². The van der Waals surface area contributed by atoms with Gasteiger partial charge in [-0.3, -0.25) is 0 Å². The Morgan fingerprint density at radius 1 is 1.41 bits per heavy atom. The highest BCUT2D eigenvalue weighted by atomic mass is 16.5. The quantitative estimate of drug-likeness (QED) is 0.802. The van der Waals surface area contributed by atoms with Gasteiger partial charge in [0.15, 0.2) is 0 Å². The van der Waals surface area contributed by atoms with E-state index in [0.29, 0.717) is 0 Å². The number of para-hydroxylation sites is 1.